The van der Waals surface area contributed by atoms with Crippen LogP contribution in [0.25, 0.3) is 21.8 Å². The number of rotatable bonds is 4. The van der Waals surface area contributed by atoms with Gasteiger partial charge in [-0.25, -0.2) is 4.98 Å². The molecule has 1 amide bonds. The number of pyridine rings is 1. The minimum absolute atomic E-state index is 0.112. The summed E-state index contributed by atoms with van der Waals surface area (Å²) in [6, 6.07) is 19.2. The van der Waals surface area contributed by atoms with E-state index in [1.165, 1.54) is 0 Å². The molecule has 0 saturated carbocycles. The van der Waals surface area contributed by atoms with Crippen molar-refractivity contribution in [3.8, 4) is 21.8 Å². The van der Waals surface area contributed by atoms with Crippen LogP contribution in [0.5, 0.6) is 0 Å². The molecule has 0 fully saturated rings. The zero-order chi connectivity index (χ0) is 18.6. The van der Waals surface area contributed by atoms with Crippen LogP contribution in [0.2, 0.25) is 0 Å². The summed E-state index contributed by atoms with van der Waals surface area (Å²) in [7, 11) is 0. The van der Waals surface area contributed by atoms with Gasteiger partial charge in [-0.3, -0.25) is 9.78 Å². The van der Waals surface area contributed by atoms with E-state index in [1.54, 1.807) is 23.7 Å². The number of benzene rings is 2. The number of nitrogens with one attached hydrogen (secondary N) is 1. The fourth-order valence-corrected chi connectivity index (χ4v) is 3.63. The summed E-state index contributed by atoms with van der Waals surface area (Å²) in [6.45, 7) is 1.93. The van der Waals surface area contributed by atoms with Crippen molar-refractivity contribution in [2.75, 3.05) is 5.32 Å². The van der Waals surface area contributed by atoms with Gasteiger partial charge in [0.15, 0.2) is 0 Å². The molecular weight excluding hydrogens is 354 g/mol. The van der Waals surface area contributed by atoms with Gasteiger partial charge in [0.2, 0.25) is 0 Å². The van der Waals surface area contributed by atoms with Crippen molar-refractivity contribution >= 4 is 22.9 Å². The average molecular weight is 371 g/mol. The molecular formula is C22H17N3OS. The lowest BCUT2D eigenvalue weighted by Gasteiger charge is -2.08. The number of hydrogen-bond donors (Lipinski definition) is 1. The lowest BCUT2D eigenvalue weighted by molar-refractivity contribution is 0.102. The molecule has 1 N–H and O–H groups in total. The predicted molar refractivity (Wildman–Crippen MR) is 110 cm³/mol. The first-order valence-corrected chi connectivity index (χ1v) is 9.42. The number of hydrogen-bond acceptors (Lipinski definition) is 4. The first kappa shape index (κ1) is 17.1. The Labute approximate surface area is 161 Å². The average Bonchev–Trinajstić information content (AvgIpc) is 3.19. The van der Waals surface area contributed by atoms with Crippen LogP contribution in [0.4, 0.5) is 5.69 Å². The number of carbonyl (C=O) groups excluding carboxylic acids is 1. The maximum Gasteiger partial charge on any atom is 0.255 e. The maximum absolute atomic E-state index is 12.5. The third kappa shape index (κ3) is 3.78. The smallest absolute Gasteiger partial charge is 0.255 e. The lowest BCUT2D eigenvalue weighted by Crippen LogP contribution is -2.13. The monoisotopic (exact) mass is 371 g/mol. The highest BCUT2D eigenvalue weighted by atomic mass is 32.1. The first-order chi connectivity index (χ1) is 13.2. The molecule has 0 aliphatic rings. The molecule has 0 aliphatic carbocycles. The van der Waals surface area contributed by atoms with Gasteiger partial charge in [0.05, 0.1) is 5.69 Å². The van der Waals surface area contributed by atoms with E-state index >= 15 is 0 Å². The number of anilines is 1. The summed E-state index contributed by atoms with van der Waals surface area (Å²) in [6.07, 6.45) is 3.56. The van der Waals surface area contributed by atoms with Crippen LogP contribution in [0.1, 0.15) is 15.9 Å². The number of aryl methyl sites for hydroxylation is 1. The topological polar surface area (TPSA) is 54.9 Å². The van der Waals surface area contributed by atoms with E-state index in [2.05, 4.69) is 10.3 Å². The Balaban J connectivity index is 1.57. The molecule has 4 aromatic rings. The van der Waals surface area contributed by atoms with Gasteiger partial charge >= 0.3 is 0 Å². The first-order valence-electron chi connectivity index (χ1n) is 8.54. The molecule has 2 aromatic carbocycles. The van der Waals surface area contributed by atoms with Crippen LogP contribution in [0.3, 0.4) is 0 Å². The van der Waals surface area contributed by atoms with Crippen molar-refractivity contribution < 1.29 is 4.79 Å². The van der Waals surface area contributed by atoms with Gasteiger partial charge in [-0.15, -0.1) is 11.3 Å². The summed E-state index contributed by atoms with van der Waals surface area (Å²) in [4.78, 5) is 21.4. The fraction of sp³-hybridized carbons (Fsp3) is 0.0455. The van der Waals surface area contributed by atoms with Gasteiger partial charge < -0.3 is 5.32 Å². The molecule has 2 aromatic heterocycles. The van der Waals surface area contributed by atoms with E-state index in [0.29, 0.717) is 5.56 Å². The Morgan fingerprint density at radius 1 is 1.00 bits per heavy atom. The molecule has 5 heteroatoms. The highest BCUT2D eigenvalue weighted by molar-refractivity contribution is 7.13. The third-order valence-electron chi connectivity index (χ3n) is 4.22. The van der Waals surface area contributed by atoms with Crippen molar-refractivity contribution in [1.82, 2.24) is 9.97 Å². The molecule has 0 unspecified atom stereocenters. The summed E-state index contributed by atoms with van der Waals surface area (Å²) < 4.78 is 0. The van der Waals surface area contributed by atoms with Crippen LogP contribution in [0.15, 0.2) is 78.4 Å². The Kier molecular flexibility index (Phi) is 4.77. The van der Waals surface area contributed by atoms with Crippen LogP contribution in [-0.4, -0.2) is 15.9 Å². The van der Waals surface area contributed by atoms with Crippen LogP contribution in [-0.2, 0) is 0 Å². The van der Waals surface area contributed by atoms with Crippen molar-refractivity contribution in [2.45, 2.75) is 6.92 Å². The Hall–Kier alpha value is -3.31. The van der Waals surface area contributed by atoms with Gasteiger partial charge in [-0.2, -0.15) is 0 Å². The highest BCUT2D eigenvalue weighted by Gasteiger charge is 2.11. The summed E-state index contributed by atoms with van der Waals surface area (Å²) >= 11 is 1.58. The lowest BCUT2D eigenvalue weighted by atomic mass is 10.1. The molecule has 27 heavy (non-hydrogen) atoms. The minimum Gasteiger partial charge on any atom is -0.322 e. The predicted octanol–water partition coefficient (Wildman–Crippen LogP) is 5.43. The SMILES string of the molecule is Cc1ccccc1C(=O)Nc1cccc(-c2csc(-c3cccnc3)n2)c1. The maximum atomic E-state index is 12.5. The van der Waals surface area contributed by atoms with Crippen LogP contribution >= 0.6 is 11.3 Å². The molecule has 0 saturated heterocycles. The third-order valence-corrected chi connectivity index (χ3v) is 5.11. The number of nitrogens with zero attached hydrogens (tertiary/aromatic N) is 2. The van der Waals surface area contributed by atoms with Crippen molar-refractivity contribution in [3.05, 3.63) is 89.6 Å². The number of thiazole rings is 1. The molecule has 0 radical (unpaired) electrons. The largest absolute Gasteiger partial charge is 0.322 e. The van der Waals surface area contributed by atoms with E-state index in [0.717, 1.165) is 33.1 Å². The molecule has 0 spiro atoms. The second-order valence-corrected chi connectivity index (χ2v) is 6.99. The fourth-order valence-electron chi connectivity index (χ4n) is 2.81. The molecule has 132 valence electrons. The number of carbonyl (C=O) groups is 1. The highest BCUT2D eigenvalue weighted by Crippen LogP contribution is 2.29. The van der Waals surface area contributed by atoms with E-state index in [4.69, 9.17) is 4.98 Å². The molecule has 2 heterocycles. The van der Waals surface area contributed by atoms with Crippen molar-refractivity contribution in [3.63, 3.8) is 0 Å². The van der Waals surface area contributed by atoms with E-state index in [9.17, 15) is 4.79 Å². The minimum atomic E-state index is -0.112. The van der Waals surface area contributed by atoms with Gasteiger partial charge in [0, 0.05) is 40.2 Å². The van der Waals surface area contributed by atoms with Gasteiger partial charge in [0.1, 0.15) is 5.01 Å². The molecule has 0 aliphatic heterocycles. The molecule has 4 rings (SSSR count). The van der Waals surface area contributed by atoms with Gasteiger partial charge in [0.25, 0.3) is 5.91 Å². The second kappa shape index (κ2) is 7.51. The zero-order valence-corrected chi connectivity index (χ0v) is 15.5. The van der Waals surface area contributed by atoms with E-state index in [1.807, 2.05) is 73.0 Å². The molecule has 4 nitrogen and oxygen atoms in total. The van der Waals surface area contributed by atoms with Gasteiger partial charge in [-0.05, 0) is 42.8 Å². The Bertz CT molecular complexity index is 1090. The standard InChI is InChI=1S/C22H17N3OS/c1-15-6-2-3-10-19(15)21(26)24-18-9-4-7-16(12-18)20-14-27-22(25-20)17-8-5-11-23-13-17/h2-14H,1H3,(H,24,26). The Morgan fingerprint density at radius 3 is 2.67 bits per heavy atom. The van der Waals surface area contributed by atoms with Gasteiger partial charge in [-0.1, -0.05) is 30.3 Å². The van der Waals surface area contributed by atoms with Crippen molar-refractivity contribution in [1.29, 1.82) is 0 Å². The van der Waals surface area contributed by atoms with E-state index in [-0.39, 0.29) is 5.91 Å². The Morgan fingerprint density at radius 2 is 1.85 bits per heavy atom. The van der Waals surface area contributed by atoms with Crippen LogP contribution < -0.4 is 5.32 Å². The number of aromatic nitrogens is 2. The zero-order valence-electron chi connectivity index (χ0n) is 14.7. The summed E-state index contributed by atoms with van der Waals surface area (Å²) in [5.41, 5.74) is 5.21. The normalized spacial score (nSPS) is 10.6. The summed E-state index contributed by atoms with van der Waals surface area (Å²) in [5, 5.41) is 5.92. The molecule has 0 bridgehead atoms. The quantitative estimate of drug-likeness (QED) is 0.520. The second-order valence-electron chi connectivity index (χ2n) is 6.13. The van der Waals surface area contributed by atoms with Crippen molar-refractivity contribution in [2.24, 2.45) is 0 Å². The van der Waals surface area contributed by atoms with Crippen LogP contribution in [0, 0.1) is 6.92 Å². The number of amides is 1. The molecule has 0 atom stereocenters. The summed E-state index contributed by atoms with van der Waals surface area (Å²) in [5.74, 6) is -0.112. The van der Waals surface area contributed by atoms with E-state index < -0.39 is 0 Å².